The molecular weight excluding hydrogens is 130 g/mol. The van der Waals surface area contributed by atoms with E-state index in [4.69, 9.17) is 5.11 Å². The molecular formula is C7H15NO2. The lowest BCUT2D eigenvalue weighted by atomic mass is 10.1. The monoisotopic (exact) mass is 145 g/mol. The van der Waals surface area contributed by atoms with Crippen LogP contribution in [0.25, 0.3) is 0 Å². The van der Waals surface area contributed by atoms with Gasteiger partial charge in [-0.1, -0.05) is 13.8 Å². The molecule has 0 bridgehead atoms. The lowest BCUT2D eigenvalue weighted by Crippen LogP contribution is -2.33. The normalized spacial score (nSPS) is 13.3. The lowest BCUT2D eigenvalue weighted by molar-refractivity contribution is -0.119. The highest BCUT2D eigenvalue weighted by atomic mass is 16.3. The van der Waals surface area contributed by atoms with Gasteiger partial charge in [-0.15, -0.1) is 0 Å². The van der Waals surface area contributed by atoms with Crippen molar-refractivity contribution in [3.05, 3.63) is 0 Å². The molecule has 10 heavy (non-hydrogen) atoms. The summed E-state index contributed by atoms with van der Waals surface area (Å²) < 4.78 is 0. The Bertz CT molecular complexity index is 112. The summed E-state index contributed by atoms with van der Waals surface area (Å²) in [6.07, 6.45) is -0.427. The molecule has 2 N–H and O–H groups in total. The summed E-state index contributed by atoms with van der Waals surface area (Å²) in [5.41, 5.74) is 0. The second-order valence-electron chi connectivity index (χ2n) is 2.75. The van der Waals surface area contributed by atoms with Gasteiger partial charge in [0, 0.05) is 13.5 Å². The standard InChI is InChI=1S/C7H15NO2/c1-5(2)7(10)4-8-6(3)9/h5,7,10H,4H2,1-3H3,(H,8,9). The third-order valence-electron chi connectivity index (χ3n) is 1.33. The summed E-state index contributed by atoms with van der Waals surface area (Å²) in [6.45, 7) is 5.61. The van der Waals surface area contributed by atoms with Crippen LogP contribution in [0.2, 0.25) is 0 Å². The summed E-state index contributed by atoms with van der Waals surface area (Å²) in [5.74, 6) is 0.103. The van der Waals surface area contributed by atoms with Crippen molar-refractivity contribution in [2.45, 2.75) is 26.9 Å². The van der Waals surface area contributed by atoms with Crippen molar-refractivity contribution in [3.63, 3.8) is 0 Å². The predicted molar refractivity (Wildman–Crippen MR) is 39.5 cm³/mol. The Morgan fingerprint density at radius 2 is 2.10 bits per heavy atom. The van der Waals surface area contributed by atoms with E-state index in [0.717, 1.165) is 0 Å². The van der Waals surface area contributed by atoms with Crippen LogP contribution in [-0.2, 0) is 4.79 Å². The van der Waals surface area contributed by atoms with E-state index in [1.54, 1.807) is 0 Å². The maximum atomic E-state index is 10.3. The van der Waals surface area contributed by atoms with E-state index in [1.807, 2.05) is 13.8 Å². The third kappa shape index (κ3) is 4.32. The number of rotatable bonds is 3. The van der Waals surface area contributed by atoms with E-state index in [0.29, 0.717) is 6.54 Å². The van der Waals surface area contributed by atoms with E-state index >= 15 is 0 Å². The minimum absolute atomic E-state index is 0.0975. The molecule has 60 valence electrons. The fourth-order valence-electron chi connectivity index (χ4n) is 0.484. The summed E-state index contributed by atoms with van der Waals surface area (Å²) in [6, 6.07) is 0. The molecule has 0 radical (unpaired) electrons. The van der Waals surface area contributed by atoms with Gasteiger partial charge in [0.1, 0.15) is 0 Å². The molecule has 0 aliphatic heterocycles. The van der Waals surface area contributed by atoms with E-state index in [2.05, 4.69) is 5.32 Å². The van der Waals surface area contributed by atoms with Gasteiger partial charge in [0.05, 0.1) is 6.10 Å². The first kappa shape index (κ1) is 9.43. The zero-order chi connectivity index (χ0) is 8.15. The predicted octanol–water partition coefficient (Wildman–Crippen LogP) is 0.139. The lowest BCUT2D eigenvalue weighted by Gasteiger charge is -2.13. The van der Waals surface area contributed by atoms with Crippen molar-refractivity contribution in [1.29, 1.82) is 0 Å². The van der Waals surface area contributed by atoms with E-state index in [1.165, 1.54) is 6.92 Å². The maximum Gasteiger partial charge on any atom is 0.216 e. The van der Waals surface area contributed by atoms with Crippen LogP contribution < -0.4 is 5.32 Å². The quantitative estimate of drug-likeness (QED) is 0.593. The highest BCUT2D eigenvalue weighted by molar-refractivity contribution is 5.72. The molecule has 1 amide bonds. The number of amides is 1. The molecule has 0 saturated heterocycles. The topological polar surface area (TPSA) is 49.3 Å². The molecule has 0 heterocycles. The summed E-state index contributed by atoms with van der Waals surface area (Å²) in [7, 11) is 0. The summed E-state index contributed by atoms with van der Waals surface area (Å²) >= 11 is 0. The molecule has 0 spiro atoms. The Kier molecular flexibility index (Phi) is 4.03. The van der Waals surface area contributed by atoms with Gasteiger partial charge in [-0.3, -0.25) is 4.79 Å². The number of hydrogen-bond donors (Lipinski definition) is 2. The van der Waals surface area contributed by atoms with Gasteiger partial charge in [-0.05, 0) is 5.92 Å². The van der Waals surface area contributed by atoms with Crippen LogP contribution in [0.5, 0.6) is 0 Å². The highest BCUT2D eigenvalue weighted by Gasteiger charge is 2.08. The Hall–Kier alpha value is -0.570. The van der Waals surface area contributed by atoms with Crippen LogP contribution in [0.1, 0.15) is 20.8 Å². The fraction of sp³-hybridized carbons (Fsp3) is 0.857. The van der Waals surface area contributed by atoms with Gasteiger partial charge >= 0.3 is 0 Å². The molecule has 0 aromatic rings. The van der Waals surface area contributed by atoms with E-state index in [9.17, 15) is 4.79 Å². The number of carbonyl (C=O) groups is 1. The van der Waals surface area contributed by atoms with Crippen LogP contribution in [0.15, 0.2) is 0 Å². The molecule has 0 aromatic heterocycles. The van der Waals surface area contributed by atoms with Crippen LogP contribution >= 0.6 is 0 Å². The van der Waals surface area contributed by atoms with Gasteiger partial charge in [-0.2, -0.15) is 0 Å². The van der Waals surface area contributed by atoms with Gasteiger partial charge in [0.15, 0.2) is 0 Å². The number of hydrogen-bond acceptors (Lipinski definition) is 2. The second kappa shape index (κ2) is 4.28. The Balaban J connectivity index is 3.39. The van der Waals surface area contributed by atoms with Crippen molar-refractivity contribution in [2.75, 3.05) is 6.54 Å². The number of aliphatic hydroxyl groups excluding tert-OH is 1. The number of carbonyl (C=O) groups excluding carboxylic acids is 1. The van der Waals surface area contributed by atoms with Crippen LogP contribution in [0.3, 0.4) is 0 Å². The zero-order valence-electron chi connectivity index (χ0n) is 6.72. The average Bonchev–Trinajstić information content (AvgIpc) is 1.82. The summed E-state index contributed by atoms with van der Waals surface area (Å²) in [4.78, 5) is 10.3. The fourth-order valence-corrected chi connectivity index (χ4v) is 0.484. The first-order chi connectivity index (χ1) is 4.54. The number of nitrogens with one attached hydrogen (secondary N) is 1. The molecule has 0 rings (SSSR count). The Morgan fingerprint density at radius 3 is 2.40 bits per heavy atom. The van der Waals surface area contributed by atoms with Gasteiger partial charge in [-0.25, -0.2) is 0 Å². The maximum absolute atomic E-state index is 10.3. The first-order valence-electron chi connectivity index (χ1n) is 3.46. The molecule has 0 aliphatic rings. The largest absolute Gasteiger partial charge is 0.391 e. The van der Waals surface area contributed by atoms with Gasteiger partial charge in [0.25, 0.3) is 0 Å². The van der Waals surface area contributed by atoms with Crippen molar-refractivity contribution in [2.24, 2.45) is 5.92 Å². The average molecular weight is 145 g/mol. The SMILES string of the molecule is CC(=O)NCC(O)C(C)C. The van der Waals surface area contributed by atoms with Crippen molar-refractivity contribution >= 4 is 5.91 Å². The minimum Gasteiger partial charge on any atom is -0.391 e. The van der Waals surface area contributed by atoms with Gasteiger partial charge < -0.3 is 10.4 Å². The molecule has 0 fully saturated rings. The van der Waals surface area contributed by atoms with Crippen molar-refractivity contribution in [3.8, 4) is 0 Å². The van der Waals surface area contributed by atoms with Gasteiger partial charge in [0.2, 0.25) is 5.91 Å². The molecule has 1 unspecified atom stereocenters. The summed E-state index contributed by atoms with van der Waals surface area (Å²) in [5, 5.41) is 11.7. The zero-order valence-corrected chi connectivity index (χ0v) is 6.72. The molecule has 0 aliphatic carbocycles. The van der Waals surface area contributed by atoms with Crippen LogP contribution in [-0.4, -0.2) is 23.7 Å². The first-order valence-corrected chi connectivity index (χ1v) is 3.46. The smallest absolute Gasteiger partial charge is 0.216 e. The molecule has 0 aromatic carbocycles. The molecule has 1 atom stereocenters. The molecule has 3 nitrogen and oxygen atoms in total. The van der Waals surface area contributed by atoms with Crippen LogP contribution in [0.4, 0.5) is 0 Å². The number of aliphatic hydroxyl groups is 1. The molecule has 3 heteroatoms. The Morgan fingerprint density at radius 1 is 1.60 bits per heavy atom. The van der Waals surface area contributed by atoms with E-state index in [-0.39, 0.29) is 11.8 Å². The van der Waals surface area contributed by atoms with Crippen molar-refractivity contribution < 1.29 is 9.90 Å². The highest BCUT2D eigenvalue weighted by Crippen LogP contribution is 1.98. The Labute approximate surface area is 61.4 Å². The second-order valence-corrected chi connectivity index (χ2v) is 2.75. The van der Waals surface area contributed by atoms with Crippen LogP contribution in [0, 0.1) is 5.92 Å². The molecule has 0 saturated carbocycles. The minimum atomic E-state index is -0.427. The van der Waals surface area contributed by atoms with Crippen molar-refractivity contribution in [1.82, 2.24) is 5.32 Å². The van der Waals surface area contributed by atoms with E-state index < -0.39 is 6.10 Å². The third-order valence-corrected chi connectivity index (χ3v) is 1.33.